The van der Waals surface area contributed by atoms with Crippen LogP contribution in [0.1, 0.15) is 61.6 Å². The van der Waals surface area contributed by atoms with Crippen LogP contribution in [0.2, 0.25) is 0 Å². The zero-order chi connectivity index (χ0) is 19.5. The van der Waals surface area contributed by atoms with Gasteiger partial charge in [-0.25, -0.2) is 4.39 Å². The Labute approximate surface area is 168 Å². The van der Waals surface area contributed by atoms with Gasteiger partial charge in [0.25, 0.3) is 0 Å². The Balaban J connectivity index is 1.47. The van der Waals surface area contributed by atoms with Gasteiger partial charge in [0.15, 0.2) is 0 Å². The Morgan fingerprint density at radius 1 is 1.04 bits per heavy atom. The molecular weight excluding hydrogens is 349 g/mol. The van der Waals surface area contributed by atoms with E-state index < -0.39 is 0 Å². The topological polar surface area (TPSA) is 21.3 Å². The highest BCUT2D eigenvalue weighted by molar-refractivity contribution is 5.28. The third-order valence-electron chi connectivity index (χ3n) is 6.81. The summed E-state index contributed by atoms with van der Waals surface area (Å²) >= 11 is 0. The molecule has 1 aliphatic carbocycles. The summed E-state index contributed by atoms with van der Waals surface area (Å²) in [6, 6.07) is 15.9. The van der Waals surface area contributed by atoms with Crippen molar-refractivity contribution in [2.45, 2.75) is 69.4 Å². The molecule has 0 aromatic heterocycles. The van der Waals surface area contributed by atoms with Gasteiger partial charge in [0.2, 0.25) is 0 Å². The van der Waals surface area contributed by atoms with Crippen molar-refractivity contribution in [1.82, 2.24) is 5.32 Å². The lowest BCUT2D eigenvalue weighted by Gasteiger charge is -2.47. The Morgan fingerprint density at radius 3 is 2.57 bits per heavy atom. The minimum Gasteiger partial charge on any atom is -0.375 e. The molecular formula is C25H32FNO. The number of rotatable bonds is 6. The lowest BCUT2D eigenvalue weighted by atomic mass is 9.66. The summed E-state index contributed by atoms with van der Waals surface area (Å²) in [6.45, 7) is 4.80. The minimum atomic E-state index is -0.154. The maximum Gasteiger partial charge on any atom is 0.123 e. The number of nitrogens with one attached hydrogen (secondary N) is 1. The predicted molar refractivity (Wildman–Crippen MR) is 112 cm³/mol. The van der Waals surface area contributed by atoms with Crippen LogP contribution < -0.4 is 5.32 Å². The van der Waals surface area contributed by atoms with Crippen LogP contribution in [0.5, 0.6) is 0 Å². The summed E-state index contributed by atoms with van der Waals surface area (Å²) < 4.78 is 19.9. The van der Waals surface area contributed by atoms with Crippen molar-refractivity contribution in [3.05, 3.63) is 71.0 Å². The van der Waals surface area contributed by atoms with Gasteiger partial charge in [0.1, 0.15) is 5.82 Å². The Hall–Kier alpha value is -1.71. The van der Waals surface area contributed by atoms with Gasteiger partial charge in [-0.3, -0.25) is 0 Å². The van der Waals surface area contributed by atoms with E-state index in [0.29, 0.717) is 0 Å². The van der Waals surface area contributed by atoms with Crippen molar-refractivity contribution >= 4 is 0 Å². The molecule has 2 aliphatic rings. The molecule has 1 N–H and O–H groups in total. The fraction of sp³-hybridized carbons (Fsp3) is 0.520. The summed E-state index contributed by atoms with van der Waals surface area (Å²) in [4.78, 5) is 0. The van der Waals surface area contributed by atoms with Crippen molar-refractivity contribution in [2.24, 2.45) is 0 Å². The number of hydrogen-bond acceptors (Lipinski definition) is 2. The molecule has 1 saturated heterocycles. The fourth-order valence-electron chi connectivity index (χ4n) is 5.35. The Morgan fingerprint density at radius 2 is 1.82 bits per heavy atom. The molecule has 0 amide bonds. The van der Waals surface area contributed by atoms with Crippen LogP contribution in [-0.4, -0.2) is 18.8 Å². The molecule has 4 rings (SSSR count). The first-order valence-corrected chi connectivity index (χ1v) is 10.8. The zero-order valence-electron chi connectivity index (χ0n) is 17.0. The maximum absolute atomic E-state index is 13.6. The highest BCUT2D eigenvalue weighted by atomic mass is 19.1. The van der Waals surface area contributed by atoms with Crippen LogP contribution in [0.15, 0.2) is 48.5 Å². The second-order valence-corrected chi connectivity index (χ2v) is 8.87. The van der Waals surface area contributed by atoms with E-state index in [4.69, 9.17) is 4.74 Å². The normalized spacial score (nSPS) is 23.9. The second-order valence-electron chi connectivity index (χ2n) is 8.87. The van der Waals surface area contributed by atoms with Crippen molar-refractivity contribution in [2.75, 3.05) is 13.2 Å². The first-order valence-electron chi connectivity index (χ1n) is 10.8. The molecule has 1 spiro atoms. The van der Waals surface area contributed by atoms with Crippen molar-refractivity contribution in [1.29, 1.82) is 0 Å². The monoisotopic (exact) mass is 381 g/mol. The van der Waals surface area contributed by atoms with Crippen LogP contribution >= 0.6 is 0 Å². The van der Waals surface area contributed by atoms with E-state index in [-0.39, 0.29) is 16.8 Å². The molecule has 1 heterocycles. The number of halogens is 1. The molecule has 1 saturated carbocycles. The van der Waals surface area contributed by atoms with Gasteiger partial charge in [-0.15, -0.1) is 0 Å². The van der Waals surface area contributed by atoms with Crippen LogP contribution in [-0.2, 0) is 16.7 Å². The minimum absolute atomic E-state index is 0.0448. The fourth-order valence-corrected chi connectivity index (χ4v) is 5.35. The SMILES string of the molecule is Cc1cccc(CNCC[C@]2(c3ccc(F)cc3)CCOC3(CCCC3)C2)c1. The smallest absolute Gasteiger partial charge is 0.123 e. The molecule has 3 heteroatoms. The standard InChI is InChI=1S/C25H32FNO/c1-20-5-4-6-21(17-20)18-27-15-13-24(22-7-9-23(26)10-8-22)14-16-28-25(19-24)11-2-3-12-25/h4-10,17,27H,2-3,11-16,18-19H2,1H3/t24-/m0/s1. The molecule has 0 radical (unpaired) electrons. The summed E-state index contributed by atoms with van der Waals surface area (Å²) in [6.07, 6.45) is 8.04. The van der Waals surface area contributed by atoms with Crippen LogP contribution in [0.25, 0.3) is 0 Å². The molecule has 0 bridgehead atoms. The Kier molecular flexibility index (Phi) is 5.84. The maximum atomic E-state index is 13.6. The van der Waals surface area contributed by atoms with Crippen LogP contribution in [0.3, 0.4) is 0 Å². The van der Waals surface area contributed by atoms with Gasteiger partial charge >= 0.3 is 0 Å². The highest BCUT2D eigenvalue weighted by Gasteiger charge is 2.47. The predicted octanol–water partition coefficient (Wildman–Crippen LogP) is 5.68. The zero-order valence-corrected chi connectivity index (χ0v) is 17.0. The number of hydrogen-bond donors (Lipinski definition) is 1. The average Bonchev–Trinajstić information content (AvgIpc) is 3.13. The van der Waals surface area contributed by atoms with Gasteiger partial charge in [-0.1, -0.05) is 54.8 Å². The number of ether oxygens (including phenoxy) is 1. The van der Waals surface area contributed by atoms with Gasteiger partial charge in [-0.2, -0.15) is 0 Å². The van der Waals surface area contributed by atoms with E-state index in [1.165, 1.54) is 42.4 Å². The van der Waals surface area contributed by atoms with Crippen LogP contribution in [0.4, 0.5) is 4.39 Å². The third kappa shape index (κ3) is 4.31. The van der Waals surface area contributed by atoms with E-state index in [0.717, 1.165) is 39.0 Å². The molecule has 2 aromatic carbocycles. The van der Waals surface area contributed by atoms with Gasteiger partial charge < -0.3 is 10.1 Å². The van der Waals surface area contributed by atoms with Crippen LogP contribution in [0, 0.1) is 12.7 Å². The molecule has 1 aliphatic heterocycles. The second kappa shape index (κ2) is 8.34. The summed E-state index contributed by atoms with van der Waals surface area (Å²) in [5.41, 5.74) is 4.03. The summed E-state index contributed by atoms with van der Waals surface area (Å²) in [7, 11) is 0. The Bertz CT molecular complexity index is 781. The summed E-state index contributed by atoms with van der Waals surface area (Å²) in [5.74, 6) is -0.154. The van der Waals surface area contributed by atoms with E-state index in [1.807, 2.05) is 12.1 Å². The van der Waals surface area contributed by atoms with Gasteiger partial charge in [0, 0.05) is 18.6 Å². The van der Waals surface area contributed by atoms with Crippen molar-refractivity contribution in [3.8, 4) is 0 Å². The molecule has 2 fully saturated rings. The quantitative estimate of drug-likeness (QED) is 0.651. The van der Waals surface area contributed by atoms with E-state index in [9.17, 15) is 4.39 Å². The average molecular weight is 382 g/mol. The van der Waals surface area contributed by atoms with E-state index >= 15 is 0 Å². The summed E-state index contributed by atoms with van der Waals surface area (Å²) in [5, 5.41) is 3.65. The first kappa shape index (κ1) is 19.6. The lowest BCUT2D eigenvalue weighted by molar-refractivity contribution is -0.103. The highest BCUT2D eigenvalue weighted by Crippen LogP contribution is 2.50. The van der Waals surface area contributed by atoms with E-state index in [1.54, 1.807) is 12.1 Å². The molecule has 1 atom stereocenters. The molecule has 150 valence electrons. The number of aryl methyl sites for hydroxylation is 1. The molecule has 28 heavy (non-hydrogen) atoms. The third-order valence-corrected chi connectivity index (χ3v) is 6.81. The molecule has 2 aromatic rings. The number of benzene rings is 2. The lowest BCUT2D eigenvalue weighted by Crippen LogP contribution is -2.47. The van der Waals surface area contributed by atoms with Crippen molar-refractivity contribution in [3.63, 3.8) is 0 Å². The van der Waals surface area contributed by atoms with E-state index in [2.05, 4.69) is 36.5 Å². The first-order chi connectivity index (χ1) is 13.6. The molecule has 0 unspecified atom stereocenters. The van der Waals surface area contributed by atoms with Crippen molar-refractivity contribution < 1.29 is 9.13 Å². The van der Waals surface area contributed by atoms with Gasteiger partial charge in [0.05, 0.1) is 5.60 Å². The largest absolute Gasteiger partial charge is 0.375 e. The van der Waals surface area contributed by atoms with Gasteiger partial charge in [-0.05, 0) is 68.8 Å². The molecule has 2 nitrogen and oxygen atoms in total.